The number of halogens is 1. The van der Waals surface area contributed by atoms with E-state index < -0.39 is 24.5 Å². The zero-order valence-corrected chi connectivity index (χ0v) is 19.9. The van der Waals surface area contributed by atoms with E-state index in [1.165, 1.54) is 30.6 Å². The Morgan fingerprint density at radius 2 is 1.88 bits per heavy atom. The molecule has 0 aliphatic carbocycles. The van der Waals surface area contributed by atoms with Gasteiger partial charge in [-0.05, 0) is 54.8 Å². The summed E-state index contributed by atoms with van der Waals surface area (Å²) in [6, 6.07) is 11.8. The van der Waals surface area contributed by atoms with Crippen molar-refractivity contribution < 1.29 is 33.3 Å². The number of nitrogens with one attached hydrogen (secondary N) is 1. The van der Waals surface area contributed by atoms with Crippen molar-refractivity contribution >= 4 is 45.8 Å². The van der Waals surface area contributed by atoms with Crippen LogP contribution in [0, 0.1) is 6.92 Å². The highest BCUT2D eigenvalue weighted by Crippen LogP contribution is 2.37. The first kappa shape index (κ1) is 23.6. The molecule has 1 N–H and O–H groups in total. The van der Waals surface area contributed by atoms with Gasteiger partial charge in [0.1, 0.15) is 5.00 Å². The summed E-state index contributed by atoms with van der Waals surface area (Å²) >= 11 is 7.12. The lowest BCUT2D eigenvalue weighted by Gasteiger charge is -2.09. The number of esters is 2. The van der Waals surface area contributed by atoms with Gasteiger partial charge in [0, 0.05) is 9.90 Å². The van der Waals surface area contributed by atoms with Gasteiger partial charge in [-0.2, -0.15) is 0 Å². The van der Waals surface area contributed by atoms with Crippen LogP contribution in [-0.2, 0) is 20.7 Å². The summed E-state index contributed by atoms with van der Waals surface area (Å²) in [5.41, 5.74) is 2.12. The van der Waals surface area contributed by atoms with Gasteiger partial charge in [0.15, 0.2) is 18.1 Å². The minimum atomic E-state index is -0.684. The first-order valence-corrected chi connectivity index (χ1v) is 11.4. The Morgan fingerprint density at radius 3 is 2.65 bits per heavy atom. The zero-order chi connectivity index (χ0) is 24.2. The first-order chi connectivity index (χ1) is 16.4. The minimum absolute atomic E-state index is 0.168. The monoisotopic (exact) mass is 501 g/mol. The molecular formula is C24H20ClNO7S. The van der Waals surface area contributed by atoms with Crippen LogP contribution in [0.1, 0.15) is 36.7 Å². The Labute approximate surface area is 204 Å². The molecule has 176 valence electrons. The highest BCUT2D eigenvalue weighted by atomic mass is 35.5. The van der Waals surface area contributed by atoms with Crippen molar-refractivity contribution in [2.45, 2.75) is 13.3 Å². The number of rotatable bonds is 7. The van der Waals surface area contributed by atoms with Gasteiger partial charge in [-0.1, -0.05) is 23.7 Å². The van der Waals surface area contributed by atoms with Gasteiger partial charge in [0.2, 0.25) is 6.79 Å². The van der Waals surface area contributed by atoms with E-state index in [1.54, 1.807) is 12.1 Å². The molecule has 0 unspecified atom stereocenters. The highest BCUT2D eigenvalue weighted by molar-refractivity contribution is 7.16. The van der Waals surface area contributed by atoms with Gasteiger partial charge in [-0.3, -0.25) is 4.79 Å². The maximum atomic E-state index is 12.6. The molecule has 4 rings (SSSR count). The fraction of sp³-hybridized carbons (Fsp3) is 0.208. The molecule has 1 amide bonds. The lowest BCUT2D eigenvalue weighted by molar-refractivity contribution is -0.119. The third-order valence-corrected chi connectivity index (χ3v) is 6.36. The highest BCUT2D eigenvalue weighted by Gasteiger charge is 2.25. The van der Waals surface area contributed by atoms with Crippen molar-refractivity contribution in [1.82, 2.24) is 0 Å². The molecule has 0 radical (unpaired) electrons. The summed E-state index contributed by atoms with van der Waals surface area (Å²) in [5.74, 6) is -0.543. The van der Waals surface area contributed by atoms with E-state index in [-0.39, 0.29) is 17.9 Å². The van der Waals surface area contributed by atoms with Gasteiger partial charge in [-0.25, -0.2) is 9.59 Å². The van der Waals surface area contributed by atoms with E-state index >= 15 is 0 Å². The number of carbonyl (C=O) groups is 3. The molecule has 1 aliphatic rings. The molecule has 0 fully saturated rings. The zero-order valence-electron chi connectivity index (χ0n) is 18.3. The molecule has 2 aromatic carbocycles. The van der Waals surface area contributed by atoms with Gasteiger partial charge in [0.25, 0.3) is 5.91 Å². The Bertz CT molecular complexity index is 1270. The van der Waals surface area contributed by atoms with Crippen LogP contribution < -0.4 is 14.8 Å². The fourth-order valence-corrected chi connectivity index (χ4v) is 4.71. The summed E-state index contributed by atoms with van der Waals surface area (Å²) in [7, 11) is 1.28. The Balaban J connectivity index is 1.49. The quantitative estimate of drug-likeness (QED) is 0.472. The Kier molecular flexibility index (Phi) is 7.04. The van der Waals surface area contributed by atoms with Crippen molar-refractivity contribution in [3.05, 3.63) is 74.6 Å². The standard InChI is InChI=1S/C24H20ClNO7S/c1-13-17(8-14-6-7-18-19(9-14)33-12-32-18)21(24(29)30-2)22(34-13)26-20(27)11-31-23(28)15-4-3-5-16(25)10-15/h3-7,9-10H,8,11-12H2,1-2H3,(H,26,27). The van der Waals surface area contributed by atoms with Gasteiger partial charge >= 0.3 is 11.9 Å². The van der Waals surface area contributed by atoms with E-state index in [2.05, 4.69) is 5.32 Å². The maximum Gasteiger partial charge on any atom is 0.341 e. The number of ether oxygens (including phenoxy) is 4. The largest absolute Gasteiger partial charge is 0.465 e. The summed E-state index contributed by atoms with van der Waals surface area (Å²) in [6.45, 7) is 1.50. The number of benzene rings is 2. The molecule has 0 saturated heterocycles. The maximum absolute atomic E-state index is 12.6. The van der Waals surface area contributed by atoms with Crippen LogP contribution in [0.4, 0.5) is 5.00 Å². The Morgan fingerprint density at radius 1 is 1.09 bits per heavy atom. The number of anilines is 1. The van der Waals surface area contributed by atoms with Crippen LogP contribution >= 0.6 is 22.9 Å². The average molecular weight is 502 g/mol. The fourth-order valence-electron chi connectivity index (χ4n) is 3.45. The lowest BCUT2D eigenvalue weighted by Crippen LogP contribution is -2.21. The minimum Gasteiger partial charge on any atom is -0.465 e. The molecule has 10 heteroatoms. The molecule has 3 aromatic rings. The van der Waals surface area contributed by atoms with Crippen molar-refractivity contribution in [1.29, 1.82) is 0 Å². The van der Waals surface area contributed by atoms with E-state index in [0.29, 0.717) is 27.9 Å². The summed E-state index contributed by atoms with van der Waals surface area (Å²) < 4.78 is 20.8. The smallest absolute Gasteiger partial charge is 0.341 e. The third-order valence-electron chi connectivity index (χ3n) is 5.06. The number of thiophene rings is 1. The van der Waals surface area contributed by atoms with Crippen LogP contribution in [0.25, 0.3) is 0 Å². The molecule has 34 heavy (non-hydrogen) atoms. The number of aryl methyl sites for hydroxylation is 1. The number of methoxy groups -OCH3 is 1. The van der Waals surface area contributed by atoms with Gasteiger partial charge < -0.3 is 24.3 Å². The molecule has 0 saturated carbocycles. The summed E-state index contributed by atoms with van der Waals surface area (Å²) in [5, 5.41) is 3.37. The van der Waals surface area contributed by atoms with Gasteiger partial charge in [-0.15, -0.1) is 11.3 Å². The van der Waals surface area contributed by atoms with Crippen LogP contribution in [0.3, 0.4) is 0 Å². The van der Waals surface area contributed by atoms with E-state index in [1.807, 2.05) is 25.1 Å². The molecule has 0 spiro atoms. The summed E-state index contributed by atoms with van der Waals surface area (Å²) in [4.78, 5) is 38.1. The summed E-state index contributed by atoms with van der Waals surface area (Å²) in [6.07, 6.45) is 0.420. The predicted octanol–water partition coefficient (Wildman–Crippen LogP) is 4.61. The first-order valence-electron chi connectivity index (χ1n) is 10.2. The second kappa shape index (κ2) is 10.1. The van der Waals surface area contributed by atoms with Crippen molar-refractivity contribution in [3.8, 4) is 11.5 Å². The van der Waals surface area contributed by atoms with E-state index in [9.17, 15) is 14.4 Å². The SMILES string of the molecule is COC(=O)c1c(NC(=O)COC(=O)c2cccc(Cl)c2)sc(C)c1Cc1ccc2c(c1)OCO2. The van der Waals surface area contributed by atoms with Crippen molar-refractivity contribution in [2.75, 3.05) is 25.8 Å². The lowest BCUT2D eigenvalue weighted by atomic mass is 10.0. The van der Waals surface area contributed by atoms with Crippen LogP contribution in [-0.4, -0.2) is 38.4 Å². The predicted molar refractivity (Wildman–Crippen MR) is 126 cm³/mol. The molecule has 8 nitrogen and oxygen atoms in total. The van der Waals surface area contributed by atoms with Crippen LogP contribution in [0.15, 0.2) is 42.5 Å². The van der Waals surface area contributed by atoms with Crippen LogP contribution in [0.5, 0.6) is 11.5 Å². The molecule has 1 aliphatic heterocycles. The molecule has 0 atom stereocenters. The molecular weight excluding hydrogens is 482 g/mol. The number of fused-ring (bicyclic) bond motifs is 1. The van der Waals surface area contributed by atoms with E-state index in [4.69, 9.17) is 30.5 Å². The number of hydrogen-bond donors (Lipinski definition) is 1. The van der Waals surface area contributed by atoms with E-state index in [0.717, 1.165) is 16.0 Å². The second-order valence-corrected chi connectivity index (χ2v) is 8.99. The third kappa shape index (κ3) is 5.16. The molecule has 0 bridgehead atoms. The Hall–Kier alpha value is -3.56. The number of amides is 1. The molecule has 1 aromatic heterocycles. The average Bonchev–Trinajstić information content (AvgIpc) is 3.40. The normalized spacial score (nSPS) is 11.7. The number of hydrogen-bond acceptors (Lipinski definition) is 8. The number of carbonyl (C=O) groups excluding carboxylic acids is 3. The topological polar surface area (TPSA) is 100 Å². The van der Waals surface area contributed by atoms with Crippen LogP contribution in [0.2, 0.25) is 5.02 Å². The van der Waals surface area contributed by atoms with Crippen molar-refractivity contribution in [3.63, 3.8) is 0 Å². The van der Waals surface area contributed by atoms with Gasteiger partial charge in [0.05, 0.1) is 18.2 Å². The van der Waals surface area contributed by atoms with Crippen molar-refractivity contribution in [2.24, 2.45) is 0 Å². The molecule has 2 heterocycles. The second-order valence-electron chi connectivity index (χ2n) is 7.33.